The Kier molecular flexibility index (Phi) is 15.0. The van der Waals surface area contributed by atoms with Crippen LogP contribution in [0.25, 0.3) is 0 Å². The van der Waals surface area contributed by atoms with E-state index < -0.39 is 41.4 Å². The van der Waals surface area contributed by atoms with E-state index in [1.54, 1.807) is 0 Å². The van der Waals surface area contributed by atoms with Crippen LogP contribution < -0.4 is 0 Å². The Morgan fingerprint density at radius 2 is 1.39 bits per heavy atom. The van der Waals surface area contributed by atoms with Crippen LogP contribution in [-0.2, 0) is 15.2 Å². The van der Waals surface area contributed by atoms with E-state index in [0.717, 1.165) is 0 Å². The molecule has 0 radical (unpaired) electrons. The minimum Gasteiger partial charge on any atom is -0.759 e. The van der Waals surface area contributed by atoms with Crippen molar-refractivity contribution in [3.05, 3.63) is 0 Å². The second kappa shape index (κ2) is 11.4. The van der Waals surface area contributed by atoms with Gasteiger partial charge in [-0.2, -0.15) is 0 Å². The van der Waals surface area contributed by atoms with Gasteiger partial charge in [-0.05, 0) is 0 Å². The second-order valence-electron chi connectivity index (χ2n) is 2.77. The van der Waals surface area contributed by atoms with Gasteiger partial charge in [0, 0.05) is 10.4 Å². The minimum atomic E-state index is -5.17. The van der Waals surface area contributed by atoms with Crippen LogP contribution in [0.5, 0.6) is 0 Å². The van der Waals surface area contributed by atoms with Crippen LogP contribution in [0.4, 0.5) is 0 Å². The van der Waals surface area contributed by atoms with Gasteiger partial charge in [0.25, 0.3) is 0 Å². The molecule has 0 heterocycles. The van der Waals surface area contributed by atoms with Gasteiger partial charge in [0.05, 0.1) is 6.61 Å². The molecular formula is C6H12CaO10S. The number of carbonyl (C=O) groups is 1. The van der Waals surface area contributed by atoms with Crippen molar-refractivity contribution in [2.75, 3.05) is 6.61 Å². The number of rotatable bonds is 5. The van der Waals surface area contributed by atoms with E-state index in [1.165, 1.54) is 0 Å². The Balaban J connectivity index is -0.000000321. The molecule has 0 saturated carbocycles. The molecule has 104 valence electrons. The Morgan fingerprint density at radius 1 is 1.06 bits per heavy atom. The van der Waals surface area contributed by atoms with Crippen molar-refractivity contribution in [1.82, 2.24) is 0 Å². The quantitative estimate of drug-likeness (QED) is 0.141. The Labute approximate surface area is 132 Å². The van der Waals surface area contributed by atoms with Crippen molar-refractivity contribution in [2.45, 2.75) is 24.4 Å². The summed E-state index contributed by atoms with van der Waals surface area (Å²) in [5.74, 6) is 0. The fourth-order valence-electron chi connectivity index (χ4n) is 0.618. The Bertz CT molecular complexity index is 297. The summed E-state index contributed by atoms with van der Waals surface area (Å²) in [6.07, 6.45) is -6.84. The Morgan fingerprint density at radius 3 is 1.61 bits per heavy atom. The number of hydrogen-bond acceptors (Lipinski definition) is 10. The summed E-state index contributed by atoms with van der Waals surface area (Å²) in [6.45, 7) is -0.760. The molecule has 10 nitrogen and oxygen atoms in total. The van der Waals surface area contributed by atoms with E-state index in [-0.39, 0.29) is 44.0 Å². The maximum absolute atomic E-state index is 9.90. The largest absolute Gasteiger partial charge is 2.00 e. The predicted molar refractivity (Wildman–Crippen MR) is 53.4 cm³/mol. The molecule has 0 rings (SSSR count). The molecule has 5 N–H and O–H groups in total. The third kappa shape index (κ3) is 14.7. The van der Waals surface area contributed by atoms with Crippen LogP contribution in [0, 0.1) is 0 Å². The van der Waals surface area contributed by atoms with Crippen LogP contribution >= 0.6 is 0 Å². The van der Waals surface area contributed by atoms with Crippen LogP contribution in [-0.4, -0.2) is 118 Å². The SMILES string of the molecule is O=C[C@H](O)[C@@H](O)[C@H](O)[C@H](O)CO.O=S(=O)([O-])[O-].[Ca+2]. The van der Waals surface area contributed by atoms with Crippen LogP contribution in [0.1, 0.15) is 0 Å². The zero-order chi connectivity index (χ0) is 14.2. The second-order valence-corrected chi connectivity index (χ2v) is 3.58. The third-order valence-corrected chi connectivity index (χ3v) is 1.42. The molecule has 0 aromatic heterocycles. The van der Waals surface area contributed by atoms with Gasteiger partial charge in [0.15, 0.2) is 6.29 Å². The van der Waals surface area contributed by atoms with Gasteiger partial charge in [0.2, 0.25) is 0 Å². The Hall–Kier alpha value is 0.600. The molecule has 0 aromatic carbocycles. The van der Waals surface area contributed by atoms with Crippen LogP contribution in [0.3, 0.4) is 0 Å². The first-order valence-electron chi connectivity index (χ1n) is 3.99. The molecule has 0 bridgehead atoms. The number of aldehydes is 1. The summed E-state index contributed by atoms with van der Waals surface area (Å²) in [4.78, 5) is 9.90. The number of carbonyl (C=O) groups excluding carboxylic acids is 1. The normalized spacial score (nSPS) is 17.3. The van der Waals surface area contributed by atoms with Gasteiger partial charge in [-0.15, -0.1) is 0 Å². The van der Waals surface area contributed by atoms with Crippen molar-refractivity contribution in [2.24, 2.45) is 0 Å². The van der Waals surface area contributed by atoms with E-state index in [0.29, 0.717) is 0 Å². The van der Waals surface area contributed by atoms with E-state index in [9.17, 15) is 4.79 Å². The van der Waals surface area contributed by atoms with E-state index >= 15 is 0 Å². The van der Waals surface area contributed by atoms with Crippen molar-refractivity contribution < 1.29 is 47.9 Å². The summed E-state index contributed by atoms with van der Waals surface area (Å²) in [5.41, 5.74) is 0. The van der Waals surface area contributed by atoms with Gasteiger partial charge in [-0.1, -0.05) is 0 Å². The van der Waals surface area contributed by atoms with Crippen molar-refractivity contribution in [3.8, 4) is 0 Å². The fraction of sp³-hybridized carbons (Fsp3) is 0.833. The predicted octanol–water partition coefficient (Wildman–Crippen LogP) is -5.10. The summed E-state index contributed by atoms with van der Waals surface area (Å²) < 4.78 is 34.1. The van der Waals surface area contributed by atoms with Gasteiger partial charge in [-0.25, -0.2) is 0 Å². The monoisotopic (exact) mass is 316 g/mol. The average Bonchev–Trinajstić information content (AvgIpc) is 2.22. The number of aliphatic hydroxyl groups excluding tert-OH is 5. The minimum absolute atomic E-state index is 0. The van der Waals surface area contributed by atoms with Crippen molar-refractivity contribution in [3.63, 3.8) is 0 Å². The molecule has 0 aromatic rings. The third-order valence-electron chi connectivity index (χ3n) is 1.42. The van der Waals surface area contributed by atoms with Gasteiger partial charge >= 0.3 is 37.7 Å². The molecule has 0 aliphatic rings. The summed E-state index contributed by atoms with van der Waals surface area (Å²) in [7, 11) is -5.17. The molecule has 0 aliphatic carbocycles. The van der Waals surface area contributed by atoms with Crippen molar-refractivity contribution >= 4 is 54.4 Å². The maximum atomic E-state index is 9.90. The van der Waals surface area contributed by atoms with Gasteiger partial charge < -0.3 is 39.4 Å². The van der Waals surface area contributed by atoms with Crippen LogP contribution in [0.15, 0.2) is 0 Å². The molecule has 0 spiro atoms. The first-order chi connectivity index (χ1) is 7.54. The van der Waals surface area contributed by atoms with E-state index in [1.807, 2.05) is 0 Å². The maximum Gasteiger partial charge on any atom is 2.00 e. The van der Waals surface area contributed by atoms with Crippen molar-refractivity contribution in [1.29, 1.82) is 0 Å². The van der Waals surface area contributed by atoms with E-state index in [2.05, 4.69) is 0 Å². The standard InChI is InChI=1S/C6H12O6.Ca.H2O4S/c7-1-3(9)5(11)6(12)4(10)2-8;;1-5(2,3)4/h1,3-6,8-12H,2H2;;(H2,1,2,3,4)/q;+2;/p-2/t3-,4+,5+,6+;;/m0../s1. The van der Waals surface area contributed by atoms with Gasteiger partial charge in [0.1, 0.15) is 24.4 Å². The van der Waals surface area contributed by atoms with E-state index in [4.69, 9.17) is 43.1 Å². The zero-order valence-electron chi connectivity index (χ0n) is 8.99. The average molecular weight is 316 g/mol. The number of hydrogen-bond donors (Lipinski definition) is 5. The molecule has 18 heavy (non-hydrogen) atoms. The smallest absolute Gasteiger partial charge is 0.759 e. The molecule has 0 unspecified atom stereocenters. The molecule has 0 saturated heterocycles. The molecule has 0 amide bonds. The summed E-state index contributed by atoms with van der Waals surface area (Å²) in [5, 5.41) is 43.5. The summed E-state index contributed by atoms with van der Waals surface area (Å²) in [6, 6.07) is 0. The molecule has 0 aliphatic heterocycles. The van der Waals surface area contributed by atoms with Gasteiger partial charge in [-0.3, -0.25) is 8.42 Å². The molecule has 4 atom stereocenters. The first kappa shape index (κ1) is 23.7. The topological polar surface area (TPSA) is 198 Å². The summed E-state index contributed by atoms with van der Waals surface area (Å²) >= 11 is 0. The first-order valence-corrected chi connectivity index (χ1v) is 5.33. The fourth-order valence-corrected chi connectivity index (χ4v) is 0.618. The molecule has 12 heteroatoms. The number of aliphatic hydroxyl groups is 5. The van der Waals surface area contributed by atoms with Crippen LogP contribution in [0.2, 0.25) is 0 Å². The molecular weight excluding hydrogens is 304 g/mol. The molecule has 0 fully saturated rings. The zero-order valence-corrected chi connectivity index (χ0v) is 12.0.